The number of aliphatic hydroxyl groups excluding tert-OH is 1. The van der Waals surface area contributed by atoms with Gasteiger partial charge in [0.2, 0.25) is 0 Å². The van der Waals surface area contributed by atoms with Crippen LogP contribution in [0.4, 0.5) is 5.82 Å². The number of anilines is 1. The van der Waals surface area contributed by atoms with Crippen LogP contribution >= 0.6 is 0 Å². The number of nitrogens with two attached hydrogens (primary N) is 1. The molecule has 2 rings (SSSR count). The van der Waals surface area contributed by atoms with Gasteiger partial charge in [-0.15, -0.1) is 5.10 Å². The van der Waals surface area contributed by atoms with Gasteiger partial charge in [0.15, 0.2) is 5.82 Å². The summed E-state index contributed by atoms with van der Waals surface area (Å²) in [5, 5.41) is 24.8. The van der Waals surface area contributed by atoms with Crippen LogP contribution in [0.5, 0.6) is 0 Å². The average molecular weight is 249 g/mol. The van der Waals surface area contributed by atoms with E-state index in [2.05, 4.69) is 10.2 Å². The predicted molar refractivity (Wildman–Crippen MR) is 69.7 cm³/mol. The SMILES string of the molecule is N=C(N)c1ccnnc1N(CCO)C1CCCC1. The Morgan fingerprint density at radius 3 is 2.83 bits per heavy atom. The predicted octanol–water partition coefficient (Wildman–Crippen LogP) is 0.502. The molecule has 0 aromatic carbocycles. The van der Waals surface area contributed by atoms with Crippen molar-refractivity contribution in [3.05, 3.63) is 17.8 Å². The minimum absolute atomic E-state index is 0.0131. The van der Waals surface area contributed by atoms with Crippen molar-refractivity contribution in [2.45, 2.75) is 31.7 Å². The molecule has 0 saturated heterocycles. The molecule has 0 amide bonds. The first-order chi connectivity index (χ1) is 8.74. The fourth-order valence-corrected chi connectivity index (χ4v) is 2.53. The van der Waals surface area contributed by atoms with Gasteiger partial charge in [0.25, 0.3) is 0 Å². The second-order valence-electron chi connectivity index (χ2n) is 4.54. The summed E-state index contributed by atoms with van der Waals surface area (Å²) in [6.45, 7) is 0.564. The Balaban J connectivity index is 2.32. The Morgan fingerprint density at radius 2 is 2.22 bits per heavy atom. The first-order valence-corrected chi connectivity index (χ1v) is 6.27. The van der Waals surface area contributed by atoms with Gasteiger partial charge in [-0.3, -0.25) is 5.41 Å². The number of hydrogen-bond acceptors (Lipinski definition) is 5. The van der Waals surface area contributed by atoms with E-state index in [0.717, 1.165) is 12.8 Å². The molecular formula is C12H19N5O. The lowest BCUT2D eigenvalue weighted by molar-refractivity contribution is 0.296. The first-order valence-electron chi connectivity index (χ1n) is 6.27. The second kappa shape index (κ2) is 5.77. The van der Waals surface area contributed by atoms with Crippen molar-refractivity contribution in [2.24, 2.45) is 5.73 Å². The van der Waals surface area contributed by atoms with Crippen molar-refractivity contribution >= 4 is 11.7 Å². The van der Waals surface area contributed by atoms with Gasteiger partial charge in [0.1, 0.15) is 5.84 Å². The molecule has 1 saturated carbocycles. The number of nitrogen functional groups attached to an aromatic ring is 1. The molecule has 0 aliphatic heterocycles. The van der Waals surface area contributed by atoms with Crippen molar-refractivity contribution in [3.8, 4) is 0 Å². The van der Waals surface area contributed by atoms with E-state index in [1.165, 1.54) is 19.0 Å². The van der Waals surface area contributed by atoms with E-state index in [1.54, 1.807) is 6.07 Å². The maximum Gasteiger partial charge on any atom is 0.162 e. The lowest BCUT2D eigenvalue weighted by Crippen LogP contribution is -2.38. The summed E-state index contributed by atoms with van der Waals surface area (Å²) in [5.41, 5.74) is 6.16. The highest BCUT2D eigenvalue weighted by Gasteiger charge is 2.25. The molecule has 6 heteroatoms. The van der Waals surface area contributed by atoms with Crippen molar-refractivity contribution < 1.29 is 5.11 Å². The highest BCUT2D eigenvalue weighted by molar-refractivity contribution is 5.99. The monoisotopic (exact) mass is 249 g/mol. The molecule has 1 heterocycles. The number of nitrogens with zero attached hydrogens (tertiary/aromatic N) is 3. The summed E-state index contributed by atoms with van der Waals surface area (Å²) in [4.78, 5) is 2.04. The number of aliphatic hydroxyl groups is 1. The van der Waals surface area contributed by atoms with E-state index < -0.39 is 0 Å². The summed E-state index contributed by atoms with van der Waals surface area (Å²) < 4.78 is 0. The van der Waals surface area contributed by atoms with Crippen LogP contribution in [0.2, 0.25) is 0 Å². The molecule has 1 fully saturated rings. The Labute approximate surface area is 106 Å². The molecule has 1 aromatic rings. The summed E-state index contributed by atoms with van der Waals surface area (Å²) in [6, 6.07) is 2.07. The number of amidine groups is 1. The van der Waals surface area contributed by atoms with E-state index in [1.807, 2.05) is 4.90 Å². The maximum atomic E-state index is 9.21. The summed E-state index contributed by atoms with van der Waals surface area (Å²) in [5.74, 6) is 0.604. The maximum absolute atomic E-state index is 9.21. The second-order valence-corrected chi connectivity index (χ2v) is 4.54. The van der Waals surface area contributed by atoms with Crippen molar-refractivity contribution in [1.29, 1.82) is 5.41 Å². The van der Waals surface area contributed by atoms with Crippen LogP contribution in [-0.2, 0) is 0 Å². The van der Waals surface area contributed by atoms with Gasteiger partial charge in [-0.25, -0.2) is 0 Å². The van der Waals surface area contributed by atoms with Crippen molar-refractivity contribution in [3.63, 3.8) is 0 Å². The smallest absolute Gasteiger partial charge is 0.162 e. The van der Waals surface area contributed by atoms with Crippen LogP contribution in [0.1, 0.15) is 31.2 Å². The molecule has 6 nitrogen and oxygen atoms in total. The van der Waals surface area contributed by atoms with Crippen LogP contribution in [0.15, 0.2) is 12.3 Å². The van der Waals surface area contributed by atoms with Gasteiger partial charge >= 0.3 is 0 Å². The molecule has 0 spiro atoms. The summed E-state index contributed by atoms with van der Waals surface area (Å²) in [7, 11) is 0. The molecule has 0 bridgehead atoms. The Bertz CT molecular complexity index is 417. The molecule has 4 N–H and O–H groups in total. The molecule has 1 aliphatic carbocycles. The van der Waals surface area contributed by atoms with Gasteiger partial charge in [-0.05, 0) is 18.9 Å². The number of nitrogens with one attached hydrogen (secondary N) is 1. The zero-order chi connectivity index (χ0) is 13.0. The van der Waals surface area contributed by atoms with Gasteiger partial charge < -0.3 is 15.7 Å². The van der Waals surface area contributed by atoms with Crippen LogP contribution in [0.3, 0.4) is 0 Å². The summed E-state index contributed by atoms with van der Waals surface area (Å²) in [6.07, 6.45) is 6.11. The molecule has 0 unspecified atom stereocenters. The van der Waals surface area contributed by atoms with Gasteiger partial charge in [-0.2, -0.15) is 5.10 Å². The van der Waals surface area contributed by atoms with Crippen LogP contribution in [0.25, 0.3) is 0 Å². The Morgan fingerprint density at radius 1 is 1.50 bits per heavy atom. The standard InChI is InChI=1S/C12H19N5O/c13-11(14)10-5-6-15-16-12(10)17(7-8-18)9-3-1-2-4-9/h5-6,9,18H,1-4,7-8H2,(H3,13,14). The zero-order valence-electron chi connectivity index (χ0n) is 10.3. The molecule has 18 heavy (non-hydrogen) atoms. The lowest BCUT2D eigenvalue weighted by atomic mass is 10.1. The molecule has 0 radical (unpaired) electrons. The van der Waals surface area contributed by atoms with Gasteiger partial charge in [-0.1, -0.05) is 12.8 Å². The molecule has 1 aromatic heterocycles. The van der Waals surface area contributed by atoms with E-state index in [4.69, 9.17) is 11.1 Å². The third kappa shape index (κ3) is 2.59. The van der Waals surface area contributed by atoms with E-state index in [9.17, 15) is 5.11 Å². The highest BCUT2D eigenvalue weighted by atomic mass is 16.3. The zero-order valence-corrected chi connectivity index (χ0v) is 10.3. The number of rotatable bonds is 5. The third-order valence-corrected chi connectivity index (χ3v) is 3.37. The largest absolute Gasteiger partial charge is 0.395 e. The minimum Gasteiger partial charge on any atom is -0.395 e. The van der Waals surface area contributed by atoms with Crippen molar-refractivity contribution in [2.75, 3.05) is 18.1 Å². The number of hydrogen-bond donors (Lipinski definition) is 3. The summed E-state index contributed by atoms with van der Waals surface area (Å²) >= 11 is 0. The Hall–Kier alpha value is -1.69. The van der Waals surface area contributed by atoms with Gasteiger partial charge in [0.05, 0.1) is 18.4 Å². The van der Waals surface area contributed by atoms with Crippen LogP contribution in [-0.4, -0.2) is 40.3 Å². The van der Waals surface area contributed by atoms with Crippen LogP contribution in [0, 0.1) is 5.41 Å². The minimum atomic E-state index is -0.0131. The quantitative estimate of drug-likeness (QED) is 0.521. The fourth-order valence-electron chi connectivity index (χ4n) is 2.53. The molecule has 98 valence electrons. The third-order valence-electron chi connectivity index (χ3n) is 3.37. The topological polar surface area (TPSA) is 99.1 Å². The normalized spacial score (nSPS) is 15.8. The lowest BCUT2D eigenvalue weighted by Gasteiger charge is -2.30. The fraction of sp³-hybridized carbons (Fsp3) is 0.583. The average Bonchev–Trinajstić information content (AvgIpc) is 2.89. The van der Waals surface area contributed by atoms with Crippen LogP contribution < -0.4 is 10.6 Å². The van der Waals surface area contributed by atoms with Crippen molar-refractivity contribution in [1.82, 2.24) is 10.2 Å². The van der Waals surface area contributed by atoms with E-state index >= 15 is 0 Å². The molecular weight excluding hydrogens is 230 g/mol. The number of aromatic nitrogens is 2. The van der Waals surface area contributed by atoms with Gasteiger partial charge in [0, 0.05) is 12.6 Å². The van der Waals surface area contributed by atoms with E-state index in [-0.39, 0.29) is 12.4 Å². The van der Waals surface area contributed by atoms with E-state index in [0.29, 0.717) is 24.0 Å². The Kier molecular flexibility index (Phi) is 4.09. The highest BCUT2D eigenvalue weighted by Crippen LogP contribution is 2.28. The molecule has 1 aliphatic rings. The molecule has 0 atom stereocenters. The first kappa shape index (κ1) is 12.8.